The first-order valence-electron chi connectivity index (χ1n) is 6.40. The smallest absolute Gasteiger partial charge is 0.305 e. The highest BCUT2D eigenvalue weighted by Crippen LogP contribution is 2.31. The third-order valence-electron chi connectivity index (χ3n) is 3.21. The summed E-state index contributed by atoms with van der Waals surface area (Å²) < 4.78 is 26.9. The lowest BCUT2D eigenvalue weighted by atomic mass is 10.1. The number of hydrogen-bond donors (Lipinski definition) is 1. The number of aromatic nitrogens is 1. The standard InChI is InChI=1S/C15H8ClF2N3O2/c16-10-5-8(1-2-11(10)17)20-13-3-4-19-14-7-12(18)15(21(22)23)6-9(13)14/h1-7H,(H,19,20). The molecule has 3 aromatic rings. The normalized spacial score (nSPS) is 10.7. The van der Waals surface area contributed by atoms with Crippen LogP contribution in [-0.4, -0.2) is 9.91 Å². The molecule has 1 N–H and O–H groups in total. The quantitative estimate of drug-likeness (QED) is 0.550. The van der Waals surface area contributed by atoms with Gasteiger partial charge in [0.2, 0.25) is 5.82 Å². The number of fused-ring (bicyclic) bond motifs is 1. The molecule has 0 radical (unpaired) electrons. The first-order valence-corrected chi connectivity index (χ1v) is 6.78. The van der Waals surface area contributed by atoms with E-state index in [9.17, 15) is 18.9 Å². The van der Waals surface area contributed by atoms with Crippen LogP contribution in [-0.2, 0) is 0 Å². The van der Waals surface area contributed by atoms with Crippen molar-refractivity contribution < 1.29 is 13.7 Å². The number of pyridine rings is 1. The first kappa shape index (κ1) is 15.1. The molecule has 0 unspecified atom stereocenters. The lowest BCUT2D eigenvalue weighted by molar-refractivity contribution is -0.387. The first-order chi connectivity index (χ1) is 11.0. The molecule has 0 aliphatic heterocycles. The molecule has 116 valence electrons. The summed E-state index contributed by atoms with van der Waals surface area (Å²) in [4.78, 5) is 14.1. The molecule has 8 heteroatoms. The Labute approximate surface area is 133 Å². The van der Waals surface area contributed by atoms with E-state index < -0.39 is 22.2 Å². The van der Waals surface area contributed by atoms with Gasteiger partial charge in [-0.15, -0.1) is 0 Å². The third-order valence-corrected chi connectivity index (χ3v) is 3.50. The van der Waals surface area contributed by atoms with Gasteiger partial charge in [0, 0.05) is 35.1 Å². The zero-order valence-corrected chi connectivity index (χ0v) is 12.1. The van der Waals surface area contributed by atoms with Crippen molar-refractivity contribution >= 4 is 39.6 Å². The van der Waals surface area contributed by atoms with E-state index in [1.807, 2.05) is 0 Å². The number of rotatable bonds is 3. The number of hydrogen-bond acceptors (Lipinski definition) is 4. The van der Waals surface area contributed by atoms with Gasteiger partial charge < -0.3 is 5.32 Å². The Morgan fingerprint density at radius 1 is 1.13 bits per heavy atom. The van der Waals surface area contributed by atoms with Crippen LogP contribution in [0, 0.1) is 21.7 Å². The van der Waals surface area contributed by atoms with Crippen LogP contribution >= 0.6 is 11.6 Å². The lowest BCUT2D eigenvalue weighted by Gasteiger charge is -2.10. The summed E-state index contributed by atoms with van der Waals surface area (Å²) in [6.07, 6.45) is 1.43. The number of benzene rings is 2. The minimum Gasteiger partial charge on any atom is -0.355 e. The molecule has 3 rings (SSSR count). The zero-order valence-electron chi connectivity index (χ0n) is 11.4. The maximum absolute atomic E-state index is 13.7. The number of halogens is 3. The Balaban J connectivity index is 2.11. The summed E-state index contributed by atoms with van der Waals surface area (Å²) in [6.45, 7) is 0. The highest BCUT2D eigenvalue weighted by molar-refractivity contribution is 6.31. The molecule has 0 aliphatic rings. The highest BCUT2D eigenvalue weighted by Gasteiger charge is 2.17. The number of nitro groups is 1. The third kappa shape index (κ3) is 2.91. The Hall–Kier alpha value is -2.80. The second-order valence-corrected chi connectivity index (χ2v) is 5.10. The predicted molar refractivity (Wildman–Crippen MR) is 83.0 cm³/mol. The molecule has 5 nitrogen and oxygen atoms in total. The van der Waals surface area contributed by atoms with Crippen molar-refractivity contribution in [1.82, 2.24) is 4.98 Å². The molecule has 0 bridgehead atoms. The minimum atomic E-state index is -0.961. The van der Waals surface area contributed by atoms with Crippen molar-refractivity contribution in [2.24, 2.45) is 0 Å². The minimum absolute atomic E-state index is 0.0645. The van der Waals surface area contributed by atoms with Gasteiger partial charge in [-0.3, -0.25) is 15.1 Å². The average Bonchev–Trinajstić information content (AvgIpc) is 2.50. The molecule has 2 aromatic carbocycles. The van der Waals surface area contributed by atoms with Gasteiger partial charge >= 0.3 is 5.69 Å². The Kier molecular flexibility index (Phi) is 3.79. The molecular weight excluding hydrogens is 328 g/mol. The zero-order chi connectivity index (χ0) is 16.6. The van der Waals surface area contributed by atoms with Crippen LogP contribution in [0.2, 0.25) is 5.02 Å². The van der Waals surface area contributed by atoms with Crippen molar-refractivity contribution in [3.8, 4) is 0 Å². The number of nitro benzene ring substituents is 1. The van der Waals surface area contributed by atoms with Gasteiger partial charge in [-0.05, 0) is 24.3 Å². The SMILES string of the molecule is O=[N+]([O-])c1cc2c(Nc3ccc(F)c(Cl)c3)ccnc2cc1F. The Morgan fingerprint density at radius 3 is 2.61 bits per heavy atom. The van der Waals surface area contributed by atoms with Gasteiger partial charge in [0.25, 0.3) is 0 Å². The fourth-order valence-corrected chi connectivity index (χ4v) is 2.31. The predicted octanol–water partition coefficient (Wildman–Crippen LogP) is 4.82. The summed E-state index contributed by atoms with van der Waals surface area (Å²) in [6, 6.07) is 7.70. The molecule has 0 fully saturated rings. The van der Waals surface area contributed by atoms with Crippen molar-refractivity contribution in [3.63, 3.8) is 0 Å². The van der Waals surface area contributed by atoms with Gasteiger partial charge in [-0.25, -0.2) is 4.39 Å². The summed E-state index contributed by atoms with van der Waals surface area (Å²) in [7, 11) is 0. The molecule has 0 atom stereocenters. The topological polar surface area (TPSA) is 68.1 Å². The van der Waals surface area contributed by atoms with Gasteiger partial charge in [0.1, 0.15) is 5.82 Å². The van der Waals surface area contributed by atoms with Gasteiger partial charge in [-0.1, -0.05) is 11.6 Å². The van der Waals surface area contributed by atoms with E-state index in [-0.39, 0.29) is 10.5 Å². The molecule has 1 aromatic heterocycles. The highest BCUT2D eigenvalue weighted by atomic mass is 35.5. The van der Waals surface area contributed by atoms with Crippen LogP contribution in [0.1, 0.15) is 0 Å². The van der Waals surface area contributed by atoms with E-state index >= 15 is 0 Å². The van der Waals surface area contributed by atoms with Crippen LogP contribution in [0.4, 0.5) is 25.8 Å². The average molecular weight is 336 g/mol. The molecule has 0 saturated carbocycles. The summed E-state index contributed by atoms with van der Waals surface area (Å²) in [5.74, 6) is -1.52. The van der Waals surface area contributed by atoms with Crippen LogP contribution in [0.25, 0.3) is 10.9 Å². The summed E-state index contributed by atoms with van der Waals surface area (Å²) >= 11 is 5.72. The van der Waals surface area contributed by atoms with E-state index in [4.69, 9.17) is 11.6 Å². The fraction of sp³-hybridized carbons (Fsp3) is 0. The number of anilines is 2. The molecule has 0 amide bonds. The van der Waals surface area contributed by atoms with Crippen LogP contribution in [0.15, 0.2) is 42.6 Å². The Bertz CT molecular complexity index is 934. The van der Waals surface area contributed by atoms with E-state index in [0.717, 1.165) is 12.1 Å². The van der Waals surface area contributed by atoms with E-state index in [0.29, 0.717) is 16.8 Å². The second-order valence-electron chi connectivity index (χ2n) is 4.69. The van der Waals surface area contributed by atoms with Crippen LogP contribution < -0.4 is 5.32 Å². The summed E-state index contributed by atoms with van der Waals surface area (Å²) in [5, 5.41) is 14.1. The summed E-state index contributed by atoms with van der Waals surface area (Å²) in [5.41, 5.74) is 0.550. The second kappa shape index (κ2) is 5.77. The number of nitrogens with one attached hydrogen (secondary N) is 1. The van der Waals surface area contributed by atoms with Gasteiger partial charge in [-0.2, -0.15) is 4.39 Å². The van der Waals surface area contributed by atoms with Crippen LogP contribution in [0.5, 0.6) is 0 Å². The van der Waals surface area contributed by atoms with E-state index in [2.05, 4.69) is 10.3 Å². The van der Waals surface area contributed by atoms with Crippen molar-refractivity contribution in [1.29, 1.82) is 0 Å². The fourth-order valence-electron chi connectivity index (χ4n) is 2.13. The Morgan fingerprint density at radius 2 is 1.91 bits per heavy atom. The number of nitrogens with zero attached hydrogens (tertiary/aromatic N) is 2. The van der Waals surface area contributed by atoms with Crippen molar-refractivity contribution in [3.05, 3.63) is 69.4 Å². The van der Waals surface area contributed by atoms with Crippen molar-refractivity contribution in [2.75, 3.05) is 5.32 Å². The van der Waals surface area contributed by atoms with E-state index in [1.54, 1.807) is 6.07 Å². The monoisotopic (exact) mass is 335 g/mol. The molecule has 23 heavy (non-hydrogen) atoms. The van der Waals surface area contributed by atoms with E-state index in [1.165, 1.54) is 24.4 Å². The maximum atomic E-state index is 13.7. The molecular formula is C15H8ClF2N3O2. The molecule has 1 heterocycles. The van der Waals surface area contributed by atoms with Gasteiger partial charge in [0.05, 0.1) is 15.5 Å². The molecule has 0 saturated heterocycles. The van der Waals surface area contributed by atoms with Crippen molar-refractivity contribution in [2.45, 2.75) is 0 Å². The maximum Gasteiger partial charge on any atom is 0.305 e. The largest absolute Gasteiger partial charge is 0.355 e. The lowest BCUT2D eigenvalue weighted by Crippen LogP contribution is -1.97. The van der Waals surface area contributed by atoms with Crippen LogP contribution in [0.3, 0.4) is 0 Å². The molecule has 0 aliphatic carbocycles. The van der Waals surface area contributed by atoms with Gasteiger partial charge in [0.15, 0.2) is 0 Å². The molecule has 0 spiro atoms.